The summed E-state index contributed by atoms with van der Waals surface area (Å²) < 4.78 is 10.7. The summed E-state index contributed by atoms with van der Waals surface area (Å²) in [5, 5.41) is 0. The van der Waals surface area contributed by atoms with E-state index in [0.717, 1.165) is 11.5 Å². The highest BCUT2D eigenvalue weighted by molar-refractivity contribution is 5.25. The van der Waals surface area contributed by atoms with Gasteiger partial charge in [-0.25, -0.2) is 9.97 Å². The molecule has 2 N–H and O–H groups in total. The summed E-state index contributed by atoms with van der Waals surface area (Å²) in [6.07, 6.45) is 1.84. The Morgan fingerprint density at radius 1 is 1.56 bits per heavy atom. The molecular formula is C11H17N3O2. The van der Waals surface area contributed by atoms with Gasteiger partial charge in [-0.2, -0.15) is 0 Å². The summed E-state index contributed by atoms with van der Waals surface area (Å²) >= 11 is 0. The maximum atomic E-state index is 5.68. The van der Waals surface area contributed by atoms with Crippen LogP contribution in [0.15, 0.2) is 6.20 Å². The highest BCUT2D eigenvalue weighted by atomic mass is 16.6. The van der Waals surface area contributed by atoms with Crippen LogP contribution >= 0.6 is 0 Å². The number of nitrogens with two attached hydrogens (primary N) is 1. The fraction of sp³-hybridized carbons (Fsp3) is 0.636. The van der Waals surface area contributed by atoms with Gasteiger partial charge in [0.1, 0.15) is 11.9 Å². The average molecular weight is 223 g/mol. The van der Waals surface area contributed by atoms with Crippen molar-refractivity contribution >= 4 is 0 Å². The first-order valence-electron chi connectivity index (χ1n) is 5.51. The van der Waals surface area contributed by atoms with Crippen LogP contribution in [0.5, 0.6) is 5.75 Å². The number of aromatic nitrogens is 2. The van der Waals surface area contributed by atoms with Crippen LogP contribution in [0.1, 0.15) is 31.3 Å². The minimum atomic E-state index is 0.124. The van der Waals surface area contributed by atoms with E-state index in [1.165, 1.54) is 0 Å². The zero-order valence-corrected chi connectivity index (χ0v) is 9.64. The molecule has 5 heteroatoms. The van der Waals surface area contributed by atoms with Gasteiger partial charge in [0.15, 0.2) is 5.75 Å². The van der Waals surface area contributed by atoms with Crippen molar-refractivity contribution in [3.05, 3.63) is 17.7 Å². The van der Waals surface area contributed by atoms with E-state index in [4.69, 9.17) is 15.2 Å². The first kappa shape index (κ1) is 11.3. The van der Waals surface area contributed by atoms with Crippen molar-refractivity contribution in [3.8, 4) is 5.75 Å². The Morgan fingerprint density at radius 3 is 2.81 bits per heavy atom. The van der Waals surface area contributed by atoms with E-state index >= 15 is 0 Å². The molecule has 16 heavy (non-hydrogen) atoms. The third-order valence-corrected chi connectivity index (χ3v) is 2.46. The van der Waals surface area contributed by atoms with E-state index in [1.807, 2.05) is 0 Å². The Labute approximate surface area is 95.0 Å². The predicted molar refractivity (Wildman–Crippen MR) is 59.2 cm³/mol. The lowest BCUT2D eigenvalue weighted by Crippen LogP contribution is -2.39. The maximum Gasteiger partial charge on any atom is 0.161 e. The summed E-state index contributed by atoms with van der Waals surface area (Å²) in [4.78, 5) is 8.67. The van der Waals surface area contributed by atoms with Gasteiger partial charge in [-0.05, 0) is 0 Å². The summed E-state index contributed by atoms with van der Waals surface area (Å²) in [7, 11) is 0. The second-order valence-electron chi connectivity index (χ2n) is 4.18. The van der Waals surface area contributed by atoms with E-state index in [0.29, 0.717) is 31.4 Å². The molecule has 1 fully saturated rings. The van der Waals surface area contributed by atoms with Crippen LogP contribution in [0.2, 0.25) is 0 Å². The molecule has 0 aliphatic carbocycles. The molecule has 0 aromatic carbocycles. The van der Waals surface area contributed by atoms with E-state index in [9.17, 15) is 0 Å². The first-order chi connectivity index (χ1) is 7.70. The highest BCUT2D eigenvalue weighted by Gasteiger charge is 2.22. The average Bonchev–Trinajstić information content (AvgIpc) is 2.23. The third kappa shape index (κ3) is 2.31. The Bertz CT molecular complexity index is 364. The van der Waals surface area contributed by atoms with Crippen LogP contribution in [-0.2, 0) is 11.3 Å². The number of hydrogen-bond acceptors (Lipinski definition) is 5. The molecule has 1 saturated heterocycles. The molecule has 2 heterocycles. The van der Waals surface area contributed by atoms with Crippen LogP contribution in [0.25, 0.3) is 0 Å². The minimum Gasteiger partial charge on any atom is -0.482 e. The molecule has 1 aromatic heterocycles. The largest absolute Gasteiger partial charge is 0.482 e. The van der Waals surface area contributed by atoms with Crippen LogP contribution in [0, 0.1) is 0 Å². The highest BCUT2D eigenvalue weighted by Crippen LogP contribution is 2.20. The number of rotatable bonds is 4. The Balaban J connectivity index is 2.16. The molecule has 0 spiro atoms. The van der Waals surface area contributed by atoms with Crippen molar-refractivity contribution in [3.63, 3.8) is 0 Å². The SMILES string of the molecule is CC(C)c1ncc(OC2COC2)c(CN)n1. The van der Waals surface area contributed by atoms with Crippen LogP contribution < -0.4 is 10.5 Å². The molecule has 1 aromatic rings. The molecule has 1 aliphatic heterocycles. The summed E-state index contributed by atoms with van der Waals surface area (Å²) in [5.41, 5.74) is 6.42. The second kappa shape index (κ2) is 4.76. The molecule has 1 aliphatic rings. The van der Waals surface area contributed by atoms with Gasteiger partial charge in [0.25, 0.3) is 0 Å². The van der Waals surface area contributed by atoms with E-state index in [-0.39, 0.29) is 6.10 Å². The van der Waals surface area contributed by atoms with Crippen LogP contribution in [0.3, 0.4) is 0 Å². The third-order valence-electron chi connectivity index (χ3n) is 2.46. The Hall–Kier alpha value is -1.20. The quantitative estimate of drug-likeness (QED) is 0.819. The fourth-order valence-corrected chi connectivity index (χ4v) is 1.41. The summed E-state index contributed by atoms with van der Waals surface area (Å²) in [5.74, 6) is 1.78. The van der Waals surface area contributed by atoms with Crippen molar-refractivity contribution in [2.75, 3.05) is 13.2 Å². The molecule has 0 saturated carbocycles. The fourth-order valence-electron chi connectivity index (χ4n) is 1.41. The number of ether oxygens (including phenoxy) is 2. The second-order valence-corrected chi connectivity index (χ2v) is 4.18. The molecule has 0 atom stereocenters. The van der Waals surface area contributed by atoms with E-state index in [1.54, 1.807) is 6.20 Å². The monoisotopic (exact) mass is 223 g/mol. The molecule has 0 bridgehead atoms. The predicted octanol–water partition coefficient (Wildman–Crippen LogP) is 0.836. The zero-order chi connectivity index (χ0) is 11.5. The van der Waals surface area contributed by atoms with Crippen molar-refractivity contribution < 1.29 is 9.47 Å². The summed E-state index contributed by atoms with van der Waals surface area (Å²) in [6, 6.07) is 0. The van der Waals surface area contributed by atoms with Crippen molar-refractivity contribution in [2.45, 2.75) is 32.4 Å². The first-order valence-corrected chi connectivity index (χ1v) is 5.51. The molecule has 2 rings (SSSR count). The number of hydrogen-bond donors (Lipinski definition) is 1. The van der Waals surface area contributed by atoms with Gasteiger partial charge < -0.3 is 15.2 Å². The molecule has 0 unspecified atom stereocenters. The normalized spacial score (nSPS) is 16.2. The van der Waals surface area contributed by atoms with Gasteiger partial charge in [-0.3, -0.25) is 0 Å². The lowest BCUT2D eigenvalue weighted by molar-refractivity contribution is -0.0802. The lowest BCUT2D eigenvalue weighted by Gasteiger charge is -2.27. The number of nitrogens with zero attached hydrogens (tertiary/aromatic N) is 2. The van der Waals surface area contributed by atoms with Gasteiger partial charge in [-0.15, -0.1) is 0 Å². The molecule has 0 radical (unpaired) electrons. The lowest BCUT2D eigenvalue weighted by atomic mass is 10.2. The molecule has 0 amide bonds. The van der Waals surface area contributed by atoms with Crippen molar-refractivity contribution in [1.82, 2.24) is 9.97 Å². The van der Waals surface area contributed by atoms with Crippen LogP contribution in [-0.4, -0.2) is 29.3 Å². The van der Waals surface area contributed by atoms with Gasteiger partial charge in [0.2, 0.25) is 0 Å². The van der Waals surface area contributed by atoms with Gasteiger partial charge >= 0.3 is 0 Å². The zero-order valence-electron chi connectivity index (χ0n) is 9.64. The topological polar surface area (TPSA) is 70.3 Å². The molecular weight excluding hydrogens is 206 g/mol. The maximum absolute atomic E-state index is 5.68. The Morgan fingerprint density at radius 2 is 2.31 bits per heavy atom. The van der Waals surface area contributed by atoms with Crippen LogP contribution in [0.4, 0.5) is 0 Å². The standard InChI is InChI=1S/C11H17N3O2/c1-7(2)11-13-4-10(9(3-12)14-11)16-8-5-15-6-8/h4,7-8H,3,5-6,12H2,1-2H3. The van der Waals surface area contributed by atoms with Crippen molar-refractivity contribution in [1.29, 1.82) is 0 Å². The molecule has 5 nitrogen and oxygen atoms in total. The van der Waals surface area contributed by atoms with Gasteiger partial charge in [0.05, 0.1) is 25.1 Å². The van der Waals surface area contributed by atoms with E-state index < -0.39 is 0 Å². The van der Waals surface area contributed by atoms with Gasteiger partial charge in [0, 0.05) is 12.5 Å². The van der Waals surface area contributed by atoms with Gasteiger partial charge in [-0.1, -0.05) is 13.8 Å². The minimum absolute atomic E-state index is 0.124. The summed E-state index contributed by atoms with van der Waals surface area (Å²) in [6.45, 7) is 5.74. The van der Waals surface area contributed by atoms with Crippen molar-refractivity contribution in [2.24, 2.45) is 5.73 Å². The Kier molecular flexibility index (Phi) is 3.36. The smallest absolute Gasteiger partial charge is 0.161 e. The molecule has 88 valence electrons. The van der Waals surface area contributed by atoms with E-state index in [2.05, 4.69) is 23.8 Å².